The van der Waals surface area contributed by atoms with Gasteiger partial charge in [-0.05, 0) is 6.42 Å². The summed E-state index contributed by atoms with van der Waals surface area (Å²) in [6.07, 6.45) is -4.00. The molecule has 0 aromatic heterocycles. The molecule has 0 aliphatic carbocycles. The zero-order valence-corrected chi connectivity index (χ0v) is 17.1. The number of carbonyl (C=O) groups excluding carboxylic acids is 5. The zero-order chi connectivity index (χ0) is 22.1. The van der Waals surface area contributed by atoms with Gasteiger partial charge in [-0.25, -0.2) is 0 Å². The topological polar surface area (TPSA) is 144 Å². The van der Waals surface area contributed by atoms with Crippen molar-refractivity contribution in [2.45, 2.75) is 71.0 Å². The maximum Gasteiger partial charge on any atom is 0.305 e. The summed E-state index contributed by atoms with van der Waals surface area (Å²) >= 11 is 0. The second-order valence-corrected chi connectivity index (χ2v) is 6.50. The van der Waals surface area contributed by atoms with E-state index in [2.05, 4.69) is 10.1 Å². The first kappa shape index (κ1) is 24.3. The maximum absolute atomic E-state index is 11.7. The van der Waals surface area contributed by atoms with Gasteiger partial charge in [-0.2, -0.15) is 0 Å². The predicted octanol–water partition coefficient (Wildman–Crippen LogP) is -0.362. The van der Waals surface area contributed by atoms with Gasteiger partial charge in [0.15, 0.2) is 12.2 Å². The van der Waals surface area contributed by atoms with Crippen LogP contribution in [0.25, 0.3) is 0 Å². The lowest BCUT2D eigenvalue weighted by atomic mass is 9.90. The largest absolute Gasteiger partial charge is 0.469 e. The van der Waals surface area contributed by atoms with Crippen LogP contribution in [0.3, 0.4) is 0 Å². The molecule has 0 aromatic carbocycles. The molecule has 11 heteroatoms. The van der Waals surface area contributed by atoms with Gasteiger partial charge in [-0.3, -0.25) is 24.0 Å². The Morgan fingerprint density at radius 2 is 1.45 bits per heavy atom. The monoisotopic (exact) mass is 417 g/mol. The van der Waals surface area contributed by atoms with Crippen molar-refractivity contribution in [1.82, 2.24) is 5.32 Å². The lowest BCUT2D eigenvalue weighted by Gasteiger charge is -2.45. The van der Waals surface area contributed by atoms with Crippen LogP contribution in [0, 0.1) is 0 Å². The summed E-state index contributed by atoms with van der Waals surface area (Å²) in [5.74, 6) is -2.90. The third-order valence-electron chi connectivity index (χ3n) is 4.08. The smallest absolute Gasteiger partial charge is 0.305 e. The number of hydrogen-bond donors (Lipinski definition) is 1. The lowest BCUT2D eigenvalue weighted by Crippen LogP contribution is -2.66. The molecule has 29 heavy (non-hydrogen) atoms. The molecule has 0 spiro atoms. The first-order chi connectivity index (χ1) is 13.5. The summed E-state index contributed by atoms with van der Waals surface area (Å²) in [5.41, 5.74) is 0. The Morgan fingerprint density at radius 3 is 1.93 bits per heavy atom. The Morgan fingerprint density at radius 1 is 0.862 bits per heavy atom. The van der Waals surface area contributed by atoms with Crippen molar-refractivity contribution < 1.29 is 47.7 Å². The Bertz CT molecular complexity index is 634. The average molecular weight is 417 g/mol. The molecule has 1 fully saturated rings. The normalized spacial score (nSPS) is 26.0. The van der Waals surface area contributed by atoms with Gasteiger partial charge in [0.2, 0.25) is 5.91 Å². The summed E-state index contributed by atoms with van der Waals surface area (Å²) in [5, 5.41) is 2.63. The van der Waals surface area contributed by atoms with Crippen molar-refractivity contribution >= 4 is 29.8 Å². The van der Waals surface area contributed by atoms with E-state index in [-0.39, 0.29) is 19.4 Å². The molecular weight excluding hydrogens is 390 g/mol. The van der Waals surface area contributed by atoms with Crippen molar-refractivity contribution in [2.24, 2.45) is 0 Å². The summed E-state index contributed by atoms with van der Waals surface area (Å²) in [6.45, 7) is 4.49. The van der Waals surface area contributed by atoms with Crippen LogP contribution in [0.2, 0.25) is 0 Å². The van der Waals surface area contributed by atoms with Crippen molar-refractivity contribution in [3.63, 3.8) is 0 Å². The number of amides is 1. The van der Waals surface area contributed by atoms with E-state index in [1.807, 2.05) is 0 Å². The molecule has 1 N–H and O–H groups in total. The highest BCUT2D eigenvalue weighted by Crippen LogP contribution is 2.29. The van der Waals surface area contributed by atoms with Crippen molar-refractivity contribution in [2.75, 3.05) is 13.7 Å². The maximum atomic E-state index is 11.7. The van der Waals surface area contributed by atoms with Gasteiger partial charge in [0, 0.05) is 34.1 Å². The average Bonchev–Trinajstić information content (AvgIpc) is 2.60. The first-order valence-corrected chi connectivity index (χ1v) is 9.02. The molecule has 0 bridgehead atoms. The van der Waals surface area contributed by atoms with E-state index in [1.165, 1.54) is 21.0 Å². The van der Waals surface area contributed by atoms with Gasteiger partial charge in [0.05, 0.1) is 19.3 Å². The van der Waals surface area contributed by atoms with Crippen LogP contribution in [0.15, 0.2) is 0 Å². The molecule has 11 nitrogen and oxygen atoms in total. The van der Waals surface area contributed by atoms with Crippen LogP contribution in [0.5, 0.6) is 0 Å². The number of rotatable bonds is 8. The fraction of sp³-hybridized carbons (Fsp3) is 0.722. The van der Waals surface area contributed by atoms with E-state index in [0.29, 0.717) is 0 Å². The minimum Gasteiger partial charge on any atom is -0.469 e. The number of hydrogen-bond acceptors (Lipinski definition) is 10. The highest BCUT2D eigenvalue weighted by Gasteiger charge is 2.50. The van der Waals surface area contributed by atoms with E-state index < -0.39 is 60.2 Å². The van der Waals surface area contributed by atoms with E-state index in [1.54, 1.807) is 0 Å². The van der Waals surface area contributed by atoms with Gasteiger partial charge in [0.25, 0.3) is 0 Å². The fourth-order valence-electron chi connectivity index (χ4n) is 3.03. The van der Waals surface area contributed by atoms with Crippen LogP contribution in [-0.4, -0.2) is 74.0 Å². The van der Waals surface area contributed by atoms with Crippen LogP contribution in [-0.2, 0) is 47.7 Å². The molecule has 0 saturated carbocycles. The molecule has 1 amide bonds. The van der Waals surface area contributed by atoms with Gasteiger partial charge in [-0.15, -0.1) is 0 Å². The third kappa shape index (κ3) is 8.06. The SMILES string of the molecule is COC(=O)CC[C@H]1O[C@H](COC(C)=O)[C@H](OC(C)=O)[C@H](OC(C)=O)[C@H]1NC(C)=O. The first-order valence-electron chi connectivity index (χ1n) is 9.02. The molecule has 0 unspecified atom stereocenters. The van der Waals surface area contributed by atoms with E-state index in [9.17, 15) is 24.0 Å². The van der Waals surface area contributed by atoms with Crippen LogP contribution in [0.1, 0.15) is 40.5 Å². The molecule has 164 valence electrons. The molecule has 5 atom stereocenters. The predicted molar refractivity (Wildman–Crippen MR) is 95.3 cm³/mol. The van der Waals surface area contributed by atoms with Crippen LogP contribution in [0.4, 0.5) is 0 Å². The standard InChI is InChI=1S/C18H27NO10/c1-9(20)19-16-13(6-7-15(24)25-5)29-14(8-26-10(2)21)17(27-11(3)22)18(16)28-12(4)23/h13-14,16-18H,6-8H2,1-5H3,(H,19,20)/t13-,14-,16+,17+,18-/m1/s1. The van der Waals surface area contributed by atoms with E-state index in [4.69, 9.17) is 18.9 Å². The molecule has 1 rings (SSSR count). The van der Waals surface area contributed by atoms with Crippen LogP contribution >= 0.6 is 0 Å². The molecule has 1 aliphatic rings. The molecule has 0 aromatic rings. The highest BCUT2D eigenvalue weighted by molar-refractivity contribution is 5.74. The number of nitrogens with one attached hydrogen (secondary N) is 1. The summed E-state index contributed by atoms with van der Waals surface area (Å²) in [4.78, 5) is 57.8. The molecule has 1 saturated heterocycles. The number of ether oxygens (including phenoxy) is 5. The molecule has 1 aliphatic heterocycles. The molecule has 1 heterocycles. The van der Waals surface area contributed by atoms with Crippen molar-refractivity contribution in [3.8, 4) is 0 Å². The molecule has 0 radical (unpaired) electrons. The number of esters is 4. The Hall–Kier alpha value is -2.69. The van der Waals surface area contributed by atoms with Crippen molar-refractivity contribution in [3.05, 3.63) is 0 Å². The minimum atomic E-state index is -1.15. The Balaban J connectivity index is 3.26. The number of methoxy groups -OCH3 is 1. The van der Waals surface area contributed by atoms with Crippen LogP contribution < -0.4 is 5.32 Å². The summed E-state index contributed by atoms with van der Waals surface area (Å²) < 4.78 is 26.1. The van der Waals surface area contributed by atoms with Gasteiger partial charge in [-0.1, -0.05) is 0 Å². The second kappa shape index (κ2) is 11.3. The summed E-state index contributed by atoms with van der Waals surface area (Å²) in [7, 11) is 1.23. The minimum absolute atomic E-state index is 0.0391. The van der Waals surface area contributed by atoms with E-state index >= 15 is 0 Å². The zero-order valence-electron chi connectivity index (χ0n) is 17.1. The van der Waals surface area contributed by atoms with E-state index in [0.717, 1.165) is 13.8 Å². The van der Waals surface area contributed by atoms with Gasteiger partial charge in [0.1, 0.15) is 12.7 Å². The second-order valence-electron chi connectivity index (χ2n) is 6.50. The van der Waals surface area contributed by atoms with Crippen molar-refractivity contribution in [1.29, 1.82) is 0 Å². The quantitative estimate of drug-likeness (QED) is 0.410. The highest BCUT2D eigenvalue weighted by atomic mass is 16.6. The molecular formula is C18H27NO10. The van der Waals surface area contributed by atoms with Gasteiger partial charge < -0.3 is 29.0 Å². The number of carbonyl (C=O) groups is 5. The Labute approximate surface area is 168 Å². The van der Waals surface area contributed by atoms with Gasteiger partial charge >= 0.3 is 23.9 Å². The third-order valence-corrected chi connectivity index (χ3v) is 4.08. The summed E-state index contributed by atoms with van der Waals surface area (Å²) in [6, 6.07) is -0.918. The Kier molecular flexibility index (Phi) is 9.53. The lowest BCUT2D eigenvalue weighted by molar-refractivity contribution is -0.224. The fourth-order valence-corrected chi connectivity index (χ4v) is 3.03.